The maximum atomic E-state index is 14.8. The number of aromatic carboxylic acids is 1. The van der Waals surface area contributed by atoms with Crippen LogP contribution in [0.3, 0.4) is 0 Å². The average molecular weight is 618 g/mol. The Balaban J connectivity index is 1.71. The molecule has 2 unspecified atom stereocenters. The van der Waals surface area contributed by atoms with E-state index < -0.39 is 40.4 Å². The summed E-state index contributed by atoms with van der Waals surface area (Å²) in [6, 6.07) is 10.5. The number of para-hydroxylation sites is 1. The number of quaternary nitrogens is 1. The molecule has 1 amide bonds. The zero-order chi connectivity index (χ0) is 30.3. The van der Waals surface area contributed by atoms with Crippen LogP contribution < -0.4 is 9.80 Å². The van der Waals surface area contributed by atoms with E-state index >= 15 is 0 Å². The number of likely N-dealkylation sites (N-methyl/N-ethyl adjacent to an activating group) is 1. The molecule has 2 aliphatic carbocycles. The number of amides is 1. The predicted molar refractivity (Wildman–Crippen MR) is 164 cm³/mol. The molecule has 0 radical (unpaired) electrons. The number of thiol groups is 1. The molecule has 10 heteroatoms. The summed E-state index contributed by atoms with van der Waals surface area (Å²) in [4.78, 5) is 26.3. The molecule has 0 bridgehead atoms. The minimum atomic E-state index is -4.88. The number of benzene rings is 2. The van der Waals surface area contributed by atoms with Gasteiger partial charge in [0.25, 0.3) is 5.91 Å². The number of nitrogens with one attached hydrogen (secondary N) is 1. The molecule has 2 aromatic carbocycles. The molecule has 2 aromatic rings. The molecular weight excluding hydrogens is 585 g/mol. The zero-order valence-electron chi connectivity index (χ0n) is 23.2. The molecule has 1 fully saturated rings. The second-order valence-corrected chi connectivity index (χ2v) is 12.1. The van der Waals surface area contributed by atoms with Crippen LogP contribution in [0.25, 0.3) is 6.08 Å². The van der Waals surface area contributed by atoms with Crippen LogP contribution in [0.15, 0.2) is 70.9 Å². The van der Waals surface area contributed by atoms with Crippen LogP contribution in [0.1, 0.15) is 66.4 Å². The lowest BCUT2D eigenvalue weighted by molar-refractivity contribution is -0.137. The molecule has 2 N–H and O–H groups in total. The maximum absolute atomic E-state index is 14.8. The Morgan fingerprint density at radius 1 is 1.07 bits per heavy atom. The molecular formula is C32H33ClF3N2O3S+. The molecule has 5 nitrogen and oxygen atoms in total. The highest BCUT2D eigenvalue weighted by Crippen LogP contribution is 2.54. The minimum Gasteiger partial charge on any atom is -0.478 e. The zero-order valence-corrected chi connectivity index (χ0v) is 24.8. The number of carboxylic acids is 1. The quantitative estimate of drug-likeness (QED) is 0.216. The van der Waals surface area contributed by atoms with Crippen molar-refractivity contribution in [1.82, 2.24) is 4.48 Å². The number of halogens is 4. The number of hydrogen-bond acceptors (Lipinski definition) is 3. The molecule has 1 aliphatic heterocycles. The summed E-state index contributed by atoms with van der Waals surface area (Å²) in [6.45, 7) is 0. The van der Waals surface area contributed by atoms with E-state index in [0.717, 1.165) is 71.8 Å². The summed E-state index contributed by atoms with van der Waals surface area (Å²) in [5, 5.41) is 12.7. The van der Waals surface area contributed by atoms with Crippen molar-refractivity contribution in [2.24, 2.45) is 5.92 Å². The maximum Gasteiger partial charge on any atom is 0.418 e. The highest BCUT2D eigenvalue weighted by atomic mass is 35.5. The van der Waals surface area contributed by atoms with Gasteiger partial charge in [0.1, 0.15) is 11.4 Å². The Bertz CT molecular complexity index is 1510. The van der Waals surface area contributed by atoms with Crippen molar-refractivity contribution < 1.29 is 27.9 Å². The summed E-state index contributed by atoms with van der Waals surface area (Å²) in [5.74, 6) is -2.17. The Hall–Kier alpha value is -3.01. The first-order valence-electron chi connectivity index (χ1n) is 14.0. The highest BCUT2D eigenvalue weighted by molar-refractivity contribution is 7.80. The van der Waals surface area contributed by atoms with Gasteiger partial charge in [-0.1, -0.05) is 49.1 Å². The van der Waals surface area contributed by atoms with Crippen molar-refractivity contribution in [2.45, 2.75) is 56.7 Å². The topological polar surface area (TPSA) is 66.4 Å². The van der Waals surface area contributed by atoms with Crippen LogP contribution >= 0.6 is 24.2 Å². The Morgan fingerprint density at radius 2 is 1.79 bits per heavy atom. The summed E-state index contributed by atoms with van der Waals surface area (Å²) in [6.07, 6.45) is 6.60. The van der Waals surface area contributed by atoms with Crippen molar-refractivity contribution in [3.8, 4) is 0 Å². The number of allylic oxidation sites excluding steroid dienone is 4. The standard InChI is InChI=1S/C32H32ClF3N2O3S/c1-38(27-10-6-5-7-21(27)18-28(38)20-11-14-24(33)15-12-20)31(19-42,23-8-3-2-4-9-23)30(41)37-26-16-13-22(29(39)40)17-25(26)32(34,35)36/h5-7,10-11,13-14,16-18,23H,2-4,8-9,12,15,19H2,1H3,(H2-,37,39,40,41,42)/p+1. The first kappa shape index (κ1) is 30.4. The van der Waals surface area contributed by atoms with Crippen LogP contribution in [0, 0.1) is 5.92 Å². The molecule has 5 rings (SSSR count). The normalized spacial score (nSPS) is 22.4. The largest absolute Gasteiger partial charge is 0.478 e. The van der Waals surface area contributed by atoms with Crippen molar-refractivity contribution in [3.05, 3.63) is 87.6 Å². The summed E-state index contributed by atoms with van der Waals surface area (Å²) >= 11 is 11.1. The Labute approximate surface area is 253 Å². The third-order valence-electron chi connectivity index (χ3n) is 9.15. The summed E-state index contributed by atoms with van der Waals surface area (Å²) in [7, 11) is 1.97. The average Bonchev–Trinajstić information content (AvgIpc) is 3.27. The Kier molecular flexibility index (Phi) is 8.40. The molecule has 0 spiro atoms. The van der Waals surface area contributed by atoms with Crippen LogP contribution in [0.2, 0.25) is 0 Å². The fourth-order valence-electron chi connectivity index (χ4n) is 6.99. The van der Waals surface area contributed by atoms with E-state index in [1.165, 1.54) is 0 Å². The van der Waals surface area contributed by atoms with E-state index in [9.17, 15) is 27.9 Å². The van der Waals surface area contributed by atoms with Gasteiger partial charge in [-0.15, -0.1) is 0 Å². The van der Waals surface area contributed by atoms with Crippen molar-refractivity contribution in [1.29, 1.82) is 0 Å². The van der Waals surface area contributed by atoms with Crippen LogP contribution in [0.4, 0.5) is 24.5 Å². The van der Waals surface area contributed by atoms with Gasteiger partial charge < -0.3 is 10.4 Å². The fraction of sp³-hybridized carbons (Fsp3) is 0.375. The second kappa shape index (κ2) is 11.6. The molecule has 0 aromatic heterocycles. The SMILES string of the molecule is C[N+]1(C(CS)(C(=O)Nc2ccc(C(=O)O)cc2C(F)(F)F)C2CCCCC2)C(C2=CC=C(Cl)CC2)=Cc2ccccc21. The van der Waals surface area contributed by atoms with Gasteiger partial charge >= 0.3 is 12.1 Å². The smallest absolute Gasteiger partial charge is 0.418 e. The number of fused-ring (bicyclic) bond motifs is 1. The number of rotatable bonds is 7. The van der Waals surface area contributed by atoms with Gasteiger partial charge in [0.2, 0.25) is 0 Å². The van der Waals surface area contributed by atoms with Gasteiger partial charge in [-0.25, -0.2) is 9.28 Å². The number of hydrogen-bond donors (Lipinski definition) is 3. The Morgan fingerprint density at radius 3 is 2.40 bits per heavy atom. The fourth-order valence-corrected chi connectivity index (χ4v) is 7.83. The first-order valence-corrected chi connectivity index (χ1v) is 15.1. The van der Waals surface area contributed by atoms with E-state index in [1.807, 2.05) is 43.5 Å². The number of carboxylic acid groups (broad SMARTS) is 1. The third kappa shape index (κ3) is 5.09. The lowest BCUT2D eigenvalue weighted by atomic mass is 9.71. The molecule has 2 atom stereocenters. The molecule has 1 saturated carbocycles. The predicted octanol–water partition coefficient (Wildman–Crippen LogP) is 8.43. The second-order valence-electron chi connectivity index (χ2n) is 11.3. The van der Waals surface area contributed by atoms with E-state index in [-0.39, 0.29) is 16.2 Å². The molecule has 1 heterocycles. The summed E-state index contributed by atoms with van der Waals surface area (Å²) < 4.78 is 42.6. The summed E-state index contributed by atoms with van der Waals surface area (Å²) in [5.41, 5.74) is 0.231. The van der Waals surface area contributed by atoms with E-state index in [4.69, 9.17) is 24.2 Å². The van der Waals surface area contributed by atoms with Crippen molar-refractivity contribution in [3.63, 3.8) is 0 Å². The van der Waals surface area contributed by atoms with E-state index in [1.54, 1.807) is 0 Å². The van der Waals surface area contributed by atoms with Gasteiger partial charge in [0.05, 0.1) is 29.6 Å². The van der Waals surface area contributed by atoms with Gasteiger partial charge in [-0.3, -0.25) is 4.79 Å². The molecule has 42 heavy (non-hydrogen) atoms. The van der Waals surface area contributed by atoms with Crippen molar-refractivity contribution >= 4 is 53.6 Å². The third-order valence-corrected chi connectivity index (χ3v) is 9.95. The van der Waals surface area contributed by atoms with Gasteiger partial charge in [0.15, 0.2) is 5.54 Å². The lowest BCUT2D eigenvalue weighted by Crippen LogP contribution is -2.72. The highest BCUT2D eigenvalue weighted by Gasteiger charge is 2.63. The number of carbonyl (C=O) groups excluding carboxylic acids is 1. The van der Waals surface area contributed by atoms with E-state index in [2.05, 4.69) is 11.4 Å². The van der Waals surface area contributed by atoms with Gasteiger partial charge in [0, 0.05) is 34.2 Å². The van der Waals surface area contributed by atoms with Crippen LogP contribution in [-0.2, 0) is 11.0 Å². The number of carbonyl (C=O) groups is 2. The van der Waals surface area contributed by atoms with Gasteiger partial charge in [-0.2, -0.15) is 25.8 Å². The van der Waals surface area contributed by atoms with Crippen LogP contribution in [0.5, 0.6) is 0 Å². The first-order chi connectivity index (χ1) is 19.9. The minimum absolute atomic E-state index is 0.0506. The van der Waals surface area contributed by atoms with Crippen molar-refractivity contribution in [2.75, 3.05) is 18.1 Å². The monoisotopic (exact) mass is 617 g/mol. The number of alkyl halides is 3. The van der Waals surface area contributed by atoms with Gasteiger partial charge in [-0.05, 0) is 56.0 Å². The van der Waals surface area contributed by atoms with Crippen LogP contribution in [-0.4, -0.2) is 35.3 Å². The molecule has 3 aliphatic rings. The number of anilines is 1. The lowest BCUT2D eigenvalue weighted by Gasteiger charge is -2.52. The molecule has 222 valence electrons. The molecule has 0 saturated heterocycles. The van der Waals surface area contributed by atoms with E-state index in [0.29, 0.717) is 18.9 Å². The number of nitrogens with zero attached hydrogens (tertiary/aromatic N) is 1.